The van der Waals surface area contributed by atoms with Crippen molar-refractivity contribution in [2.75, 3.05) is 43.3 Å². The van der Waals surface area contributed by atoms with Crippen molar-refractivity contribution in [3.05, 3.63) is 53.7 Å². The molecular formula is C23H31N3O4S. The monoisotopic (exact) mass is 445 g/mol. The van der Waals surface area contributed by atoms with Gasteiger partial charge in [0.2, 0.25) is 15.9 Å². The van der Waals surface area contributed by atoms with Crippen molar-refractivity contribution in [3.63, 3.8) is 0 Å². The molecule has 1 saturated heterocycles. The molecule has 0 bridgehead atoms. The van der Waals surface area contributed by atoms with E-state index in [1.54, 1.807) is 6.20 Å². The maximum atomic E-state index is 12.0. The molecule has 0 amide bonds. The molecule has 2 aromatic rings. The molecule has 8 heteroatoms. The number of aromatic nitrogens is 1. The molecule has 0 aliphatic carbocycles. The Labute approximate surface area is 184 Å². The standard InChI is InChI=1S/C23H31N3O4S/c1-31(28,29)26-12-4-5-19-15-20(7-8-21(19)26)22(27)16-25-13-9-18(10-14-25)17-30-23-6-2-3-11-24-23/h2-3,6-8,11,15,18,22,27H,4-5,9-10,12-14,16-17H2,1H3. The largest absolute Gasteiger partial charge is 0.477 e. The van der Waals surface area contributed by atoms with E-state index in [0.29, 0.717) is 31.5 Å². The topological polar surface area (TPSA) is 83.0 Å². The summed E-state index contributed by atoms with van der Waals surface area (Å²) in [5.41, 5.74) is 2.60. The number of anilines is 1. The fourth-order valence-corrected chi connectivity index (χ4v) is 5.45. The molecule has 1 fully saturated rings. The van der Waals surface area contributed by atoms with E-state index in [4.69, 9.17) is 4.74 Å². The normalized spacial score (nSPS) is 19.1. The van der Waals surface area contributed by atoms with Crippen molar-refractivity contribution in [2.24, 2.45) is 5.92 Å². The van der Waals surface area contributed by atoms with Crippen molar-refractivity contribution in [2.45, 2.75) is 31.8 Å². The summed E-state index contributed by atoms with van der Waals surface area (Å²) >= 11 is 0. The molecule has 1 atom stereocenters. The van der Waals surface area contributed by atoms with Gasteiger partial charge in [0, 0.05) is 25.4 Å². The fourth-order valence-electron chi connectivity index (χ4n) is 4.46. The van der Waals surface area contributed by atoms with Crippen LogP contribution in [0.3, 0.4) is 0 Å². The lowest BCUT2D eigenvalue weighted by Gasteiger charge is -2.33. The van der Waals surface area contributed by atoms with E-state index in [1.807, 2.05) is 36.4 Å². The summed E-state index contributed by atoms with van der Waals surface area (Å²) < 4.78 is 31.3. The molecule has 1 aromatic heterocycles. The van der Waals surface area contributed by atoms with E-state index >= 15 is 0 Å². The van der Waals surface area contributed by atoms with Crippen LogP contribution >= 0.6 is 0 Å². The SMILES string of the molecule is CS(=O)(=O)N1CCCc2cc(C(O)CN3CCC(COc4ccccn4)CC3)ccc21. The van der Waals surface area contributed by atoms with E-state index in [0.717, 1.165) is 55.6 Å². The fraction of sp³-hybridized carbons (Fsp3) is 0.522. The summed E-state index contributed by atoms with van der Waals surface area (Å²) in [4.78, 5) is 6.49. The summed E-state index contributed by atoms with van der Waals surface area (Å²) in [5.74, 6) is 1.17. The van der Waals surface area contributed by atoms with Crippen LogP contribution in [0, 0.1) is 5.92 Å². The number of hydrogen-bond acceptors (Lipinski definition) is 6. The van der Waals surface area contributed by atoms with Crippen LogP contribution in [-0.4, -0.2) is 62.4 Å². The van der Waals surface area contributed by atoms with E-state index in [-0.39, 0.29) is 0 Å². The Morgan fingerprint density at radius 2 is 2.00 bits per heavy atom. The average molecular weight is 446 g/mol. The van der Waals surface area contributed by atoms with Gasteiger partial charge in [-0.25, -0.2) is 13.4 Å². The van der Waals surface area contributed by atoms with Gasteiger partial charge in [0.25, 0.3) is 0 Å². The summed E-state index contributed by atoms with van der Waals surface area (Å²) in [6.07, 6.45) is 6.10. The second kappa shape index (κ2) is 9.54. The first-order valence-electron chi connectivity index (χ1n) is 10.9. The molecule has 4 rings (SSSR count). The van der Waals surface area contributed by atoms with Crippen LogP contribution in [0.5, 0.6) is 5.88 Å². The minimum atomic E-state index is -3.27. The van der Waals surface area contributed by atoms with Gasteiger partial charge in [-0.3, -0.25) is 4.31 Å². The highest BCUT2D eigenvalue weighted by atomic mass is 32.2. The Morgan fingerprint density at radius 3 is 2.71 bits per heavy atom. The number of aryl methyl sites for hydroxylation is 1. The zero-order chi connectivity index (χ0) is 21.8. The van der Waals surface area contributed by atoms with E-state index in [2.05, 4.69) is 9.88 Å². The molecule has 168 valence electrons. The number of aliphatic hydroxyl groups excluding tert-OH is 1. The minimum Gasteiger partial charge on any atom is -0.477 e. The van der Waals surface area contributed by atoms with Gasteiger partial charge in [-0.2, -0.15) is 0 Å². The lowest BCUT2D eigenvalue weighted by atomic mass is 9.96. The maximum Gasteiger partial charge on any atom is 0.232 e. The van der Waals surface area contributed by atoms with Crippen molar-refractivity contribution in [3.8, 4) is 5.88 Å². The molecular weight excluding hydrogens is 414 g/mol. The Kier molecular flexibility index (Phi) is 6.79. The van der Waals surface area contributed by atoms with E-state index in [9.17, 15) is 13.5 Å². The lowest BCUT2D eigenvalue weighted by molar-refractivity contribution is 0.0787. The predicted molar refractivity (Wildman–Crippen MR) is 121 cm³/mol. The lowest BCUT2D eigenvalue weighted by Crippen LogP contribution is -2.38. The third-order valence-corrected chi connectivity index (χ3v) is 7.39. The van der Waals surface area contributed by atoms with Crippen molar-refractivity contribution >= 4 is 15.7 Å². The number of pyridine rings is 1. The summed E-state index contributed by atoms with van der Waals surface area (Å²) in [6.45, 7) is 3.64. The van der Waals surface area contributed by atoms with Crippen LogP contribution in [0.2, 0.25) is 0 Å². The number of sulfonamides is 1. The zero-order valence-electron chi connectivity index (χ0n) is 18.0. The number of aliphatic hydroxyl groups is 1. The van der Waals surface area contributed by atoms with Crippen molar-refractivity contribution < 1.29 is 18.3 Å². The number of nitrogens with zero attached hydrogens (tertiary/aromatic N) is 3. The summed E-state index contributed by atoms with van der Waals surface area (Å²) in [7, 11) is -3.27. The molecule has 1 unspecified atom stereocenters. The van der Waals surface area contributed by atoms with E-state index < -0.39 is 16.1 Å². The number of piperidine rings is 1. The van der Waals surface area contributed by atoms with Gasteiger partial charge in [-0.05, 0) is 68.0 Å². The van der Waals surface area contributed by atoms with Gasteiger partial charge >= 0.3 is 0 Å². The number of benzene rings is 1. The summed E-state index contributed by atoms with van der Waals surface area (Å²) in [5, 5.41) is 10.8. The number of likely N-dealkylation sites (tertiary alicyclic amines) is 1. The number of fused-ring (bicyclic) bond motifs is 1. The van der Waals surface area contributed by atoms with Gasteiger partial charge in [0.05, 0.1) is 24.7 Å². The molecule has 31 heavy (non-hydrogen) atoms. The van der Waals surface area contributed by atoms with Gasteiger partial charge in [0.15, 0.2) is 0 Å². The molecule has 2 aliphatic heterocycles. The Morgan fingerprint density at radius 1 is 1.19 bits per heavy atom. The van der Waals surface area contributed by atoms with Crippen LogP contribution in [0.4, 0.5) is 5.69 Å². The van der Waals surface area contributed by atoms with Crippen LogP contribution in [-0.2, 0) is 16.4 Å². The smallest absolute Gasteiger partial charge is 0.232 e. The second-order valence-electron chi connectivity index (χ2n) is 8.57. The Hall–Kier alpha value is -2.16. The highest BCUT2D eigenvalue weighted by Crippen LogP contribution is 2.32. The van der Waals surface area contributed by atoms with Crippen LogP contribution in [0.1, 0.15) is 36.5 Å². The second-order valence-corrected chi connectivity index (χ2v) is 10.5. The molecule has 1 N–H and O–H groups in total. The summed E-state index contributed by atoms with van der Waals surface area (Å²) in [6, 6.07) is 11.4. The van der Waals surface area contributed by atoms with Crippen LogP contribution in [0.25, 0.3) is 0 Å². The molecule has 3 heterocycles. The van der Waals surface area contributed by atoms with Gasteiger partial charge < -0.3 is 14.7 Å². The number of hydrogen-bond donors (Lipinski definition) is 1. The van der Waals surface area contributed by atoms with Crippen LogP contribution < -0.4 is 9.04 Å². The zero-order valence-corrected chi connectivity index (χ0v) is 18.8. The van der Waals surface area contributed by atoms with Gasteiger partial charge in [-0.15, -0.1) is 0 Å². The molecule has 0 saturated carbocycles. The average Bonchev–Trinajstić information content (AvgIpc) is 2.78. The van der Waals surface area contributed by atoms with Crippen molar-refractivity contribution in [1.82, 2.24) is 9.88 Å². The van der Waals surface area contributed by atoms with E-state index in [1.165, 1.54) is 10.6 Å². The highest BCUT2D eigenvalue weighted by Gasteiger charge is 2.26. The Balaban J connectivity index is 1.30. The first-order valence-corrected chi connectivity index (χ1v) is 12.8. The first kappa shape index (κ1) is 22.0. The van der Waals surface area contributed by atoms with Crippen LogP contribution in [0.15, 0.2) is 42.6 Å². The quantitative estimate of drug-likeness (QED) is 0.706. The number of rotatable bonds is 7. The number of β-amino-alcohol motifs (C(OH)–C–C–N with tert-alkyl or cyclic N) is 1. The number of ether oxygens (including phenoxy) is 1. The van der Waals surface area contributed by atoms with Crippen molar-refractivity contribution in [1.29, 1.82) is 0 Å². The predicted octanol–water partition coefficient (Wildman–Crippen LogP) is 2.62. The molecule has 0 radical (unpaired) electrons. The van der Waals surface area contributed by atoms with Gasteiger partial charge in [0.1, 0.15) is 0 Å². The third-order valence-electron chi connectivity index (χ3n) is 6.21. The first-order chi connectivity index (χ1) is 14.9. The molecule has 0 spiro atoms. The third kappa shape index (κ3) is 5.56. The molecule has 1 aromatic carbocycles. The Bertz CT molecular complexity index is 976. The maximum absolute atomic E-state index is 12.0. The highest BCUT2D eigenvalue weighted by molar-refractivity contribution is 7.92. The van der Waals surface area contributed by atoms with Gasteiger partial charge in [-0.1, -0.05) is 18.2 Å². The molecule has 2 aliphatic rings. The minimum absolute atomic E-state index is 0.501. The molecule has 7 nitrogen and oxygen atoms in total.